The molecule has 1 aliphatic rings. The lowest BCUT2D eigenvalue weighted by molar-refractivity contribution is -0.128. The second-order valence-electron chi connectivity index (χ2n) is 5.06. The molecule has 1 saturated heterocycles. The number of amides is 1. The van der Waals surface area contributed by atoms with Crippen LogP contribution in [-0.4, -0.2) is 56.8 Å². The van der Waals surface area contributed by atoms with E-state index in [1.165, 1.54) is 30.5 Å². The van der Waals surface area contributed by atoms with Crippen molar-refractivity contribution in [3.05, 3.63) is 23.2 Å². The maximum Gasteiger partial charge on any atom is 0.246 e. The molecule has 2 rings (SSSR count). The van der Waals surface area contributed by atoms with Gasteiger partial charge in [-0.05, 0) is 24.6 Å². The van der Waals surface area contributed by atoms with E-state index < -0.39 is 10.0 Å². The minimum absolute atomic E-state index is 0.0421. The fourth-order valence-electron chi connectivity index (χ4n) is 2.44. The number of nitrogens with zero attached hydrogens (tertiary/aromatic N) is 2. The van der Waals surface area contributed by atoms with E-state index in [-0.39, 0.29) is 23.1 Å². The molecule has 1 fully saturated rings. The Labute approximate surface area is 135 Å². The Hall–Kier alpha value is -1.31. The molecule has 1 aliphatic heterocycles. The summed E-state index contributed by atoms with van der Waals surface area (Å²) in [4.78, 5) is 13.2. The van der Waals surface area contributed by atoms with Crippen molar-refractivity contribution in [3.63, 3.8) is 0 Å². The predicted octanol–water partition coefficient (Wildman–Crippen LogP) is 1.59. The summed E-state index contributed by atoms with van der Waals surface area (Å²) in [7, 11) is -2.30. The number of carbonyl (C=O) groups is 1. The Kier molecular flexibility index (Phi) is 5.31. The number of methoxy groups -OCH3 is 1. The van der Waals surface area contributed by atoms with E-state index in [0.717, 1.165) is 0 Å². The van der Waals surface area contributed by atoms with Crippen LogP contribution >= 0.6 is 11.6 Å². The van der Waals surface area contributed by atoms with Crippen molar-refractivity contribution in [2.24, 2.45) is 0 Å². The molecule has 0 N–H and O–H groups in total. The zero-order valence-electron chi connectivity index (χ0n) is 12.6. The molecular weight excluding hydrogens is 328 g/mol. The fourth-order valence-corrected chi connectivity index (χ4v) is 4.33. The molecule has 0 bridgehead atoms. The Morgan fingerprint density at radius 1 is 1.23 bits per heavy atom. The summed E-state index contributed by atoms with van der Waals surface area (Å²) in [6.45, 7) is 3.06. The van der Waals surface area contributed by atoms with Crippen molar-refractivity contribution < 1.29 is 17.9 Å². The Balaban J connectivity index is 2.31. The number of sulfonamides is 1. The van der Waals surface area contributed by atoms with E-state index >= 15 is 0 Å². The summed E-state index contributed by atoms with van der Waals surface area (Å²) >= 11 is 5.92. The number of carbonyl (C=O) groups excluding carboxylic acids is 1. The van der Waals surface area contributed by atoms with Gasteiger partial charge in [-0.15, -0.1) is 0 Å². The Morgan fingerprint density at radius 3 is 2.59 bits per heavy atom. The van der Waals surface area contributed by atoms with E-state index in [1.54, 1.807) is 11.0 Å². The summed E-state index contributed by atoms with van der Waals surface area (Å²) in [5.74, 6) is 0.219. The van der Waals surface area contributed by atoms with Crippen molar-refractivity contribution in [1.82, 2.24) is 9.21 Å². The monoisotopic (exact) mass is 346 g/mol. The average molecular weight is 347 g/mol. The van der Waals surface area contributed by atoms with Crippen LogP contribution in [0.15, 0.2) is 23.1 Å². The van der Waals surface area contributed by atoms with Gasteiger partial charge in [0.15, 0.2) is 0 Å². The van der Waals surface area contributed by atoms with Crippen LogP contribution in [0.4, 0.5) is 0 Å². The highest BCUT2D eigenvalue weighted by molar-refractivity contribution is 7.89. The van der Waals surface area contributed by atoms with Crippen LogP contribution in [0.3, 0.4) is 0 Å². The highest BCUT2D eigenvalue weighted by atomic mass is 35.5. The lowest BCUT2D eigenvalue weighted by Gasteiger charge is -2.22. The largest absolute Gasteiger partial charge is 0.495 e. The number of ether oxygens (including phenoxy) is 1. The third kappa shape index (κ3) is 3.53. The zero-order valence-corrected chi connectivity index (χ0v) is 14.2. The average Bonchev–Trinajstić information content (AvgIpc) is 2.73. The molecule has 0 unspecified atom stereocenters. The van der Waals surface area contributed by atoms with Gasteiger partial charge < -0.3 is 9.64 Å². The molecule has 1 aromatic rings. The van der Waals surface area contributed by atoms with Gasteiger partial charge in [0.25, 0.3) is 0 Å². The molecule has 0 atom stereocenters. The van der Waals surface area contributed by atoms with Crippen LogP contribution in [0.1, 0.15) is 13.3 Å². The minimum Gasteiger partial charge on any atom is -0.495 e. The van der Waals surface area contributed by atoms with E-state index in [0.29, 0.717) is 31.1 Å². The van der Waals surface area contributed by atoms with E-state index in [1.807, 2.05) is 0 Å². The van der Waals surface area contributed by atoms with Gasteiger partial charge in [0.2, 0.25) is 15.9 Å². The van der Waals surface area contributed by atoms with E-state index in [2.05, 4.69) is 0 Å². The van der Waals surface area contributed by atoms with Gasteiger partial charge in [-0.1, -0.05) is 11.6 Å². The van der Waals surface area contributed by atoms with Crippen molar-refractivity contribution >= 4 is 27.5 Å². The van der Waals surface area contributed by atoms with Crippen molar-refractivity contribution in [2.75, 3.05) is 33.3 Å². The molecule has 0 spiro atoms. The second kappa shape index (κ2) is 6.85. The predicted molar refractivity (Wildman–Crippen MR) is 83.6 cm³/mol. The third-order valence-electron chi connectivity index (χ3n) is 3.64. The molecule has 1 amide bonds. The van der Waals surface area contributed by atoms with Gasteiger partial charge >= 0.3 is 0 Å². The first kappa shape index (κ1) is 17.1. The summed E-state index contributed by atoms with van der Waals surface area (Å²) in [6, 6.07) is 4.51. The maximum absolute atomic E-state index is 12.8. The molecule has 0 aromatic heterocycles. The van der Waals surface area contributed by atoms with Crippen LogP contribution in [0, 0.1) is 0 Å². The lowest BCUT2D eigenvalue weighted by atomic mass is 10.3. The molecule has 6 nitrogen and oxygen atoms in total. The summed E-state index contributed by atoms with van der Waals surface area (Å²) < 4.78 is 32.2. The summed E-state index contributed by atoms with van der Waals surface area (Å²) in [5.41, 5.74) is 0. The lowest BCUT2D eigenvalue weighted by Crippen LogP contribution is -2.36. The molecule has 8 heteroatoms. The quantitative estimate of drug-likeness (QED) is 0.833. The summed E-state index contributed by atoms with van der Waals surface area (Å²) in [5, 5.41) is 0.333. The van der Waals surface area contributed by atoms with Crippen LogP contribution in [-0.2, 0) is 14.8 Å². The highest BCUT2D eigenvalue weighted by Gasteiger charge is 2.30. The first-order valence-corrected chi connectivity index (χ1v) is 8.77. The maximum atomic E-state index is 12.8. The molecule has 122 valence electrons. The molecule has 0 radical (unpaired) electrons. The number of halogens is 1. The van der Waals surface area contributed by atoms with Crippen molar-refractivity contribution in [2.45, 2.75) is 18.2 Å². The van der Waals surface area contributed by atoms with Gasteiger partial charge in [-0.25, -0.2) is 8.42 Å². The van der Waals surface area contributed by atoms with Crippen LogP contribution in [0.25, 0.3) is 0 Å². The number of hydrogen-bond donors (Lipinski definition) is 0. The molecule has 1 aromatic carbocycles. The number of rotatable bonds is 3. The van der Waals surface area contributed by atoms with Crippen LogP contribution in [0.5, 0.6) is 5.75 Å². The summed E-state index contributed by atoms with van der Waals surface area (Å²) in [6.07, 6.45) is 0.599. The fraction of sp³-hybridized carbons (Fsp3) is 0.500. The van der Waals surface area contributed by atoms with Crippen LogP contribution in [0.2, 0.25) is 5.02 Å². The minimum atomic E-state index is -3.71. The SMILES string of the molecule is COc1ccc(Cl)cc1S(=O)(=O)N1CCCN(C(C)=O)CC1. The standard InChI is InChI=1S/C14H19ClN2O4S/c1-11(18)16-6-3-7-17(9-8-16)22(19,20)14-10-12(15)4-5-13(14)21-2/h4-5,10H,3,6-9H2,1-2H3. The van der Waals surface area contributed by atoms with Gasteiger partial charge in [0, 0.05) is 38.1 Å². The van der Waals surface area contributed by atoms with Crippen molar-refractivity contribution in [3.8, 4) is 5.75 Å². The van der Waals surface area contributed by atoms with Crippen LogP contribution < -0.4 is 4.74 Å². The van der Waals surface area contributed by atoms with E-state index in [4.69, 9.17) is 16.3 Å². The topological polar surface area (TPSA) is 66.9 Å². The molecule has 0 aliphatic carbocycles. The first-order chi connectivity index (χ1) is 10.4. The Bertz CT molecular complexity index is 663. The molecular formula is C14H19ClN2O4S. The smallest absolute Gasteiger partial charge is 0.246 e. The highest BCUT2D eigenvalue weighted by Crippen LogP contribution is 2.30. The molecule has 0 saturated carbocycles. The molecule has 1 heterocycles. The van der Waals surface area contributed by atoms with Crippen molar-refractivity contribution in [1.29, 1.82) is 0 Å². The third-order valence-corrected chi connectivity index (χ3v) is 5.80. The number of hydrogen-bond acceptors (Lipinski definition) is 4. The van der Waals surface area contributed by atoms with E-state index in [9.17, 15) is 13.2 Å². The zero-order chi connectivity index (χ0) is 16.3. The van der Waals surface area contributed by atoms with Gasteiger partial charge in [-0.3, -0.25) is 4.79 Å². The second-order valence-corrected chi connectivity index (χ2v) is 7.40. The van der Waals surface area contributed by atoms with Gasteiger partial charge in [0.05, 0.1) is 7.11 Å². The molecule has 22 heavy (non-hydrogen) atoms. The first-order valence-electron chi connectivity index (χ1n) is 6.95. The normalized spacial score (nSPS) is 17.1. The van der Waals surface area contributed by atoms with Gasteiger partial charge in [-0.2, -0.15) is 4.31 Å². The number of benzene rings is 1. The van der Waals surface area contributed by atoms with Gasteiger partial charge in [0.1, 0.15) is 10.6 Å². The Morgan fingerprint density at radius 2 is 1.95 bits per heavy atom.